The molecule has 1 N–H and O–H groups in total. The summed E-state index contributed by atoms with van der Waals surface area (Å²) in [6.07, 6.45) is 3.69. The van der Waals surface area contributed by atoms with Gasteiger partial charge in [-0.15, -0.1) is 0 Å². The lowest BCUT2D eigenvalue weighted by Gasteiger charge is -2.27. The molecule has 1 saturated heterocycles. The Balaban J connectivity index is 1.50. The minimum absolute atomic E-state index is 0.0895. The number of hydrogen-bond acceptors (Lipinski definition) is 5. The number of fused-ring (bicyclic) bond motifs is 1. The fraction of sp³-hybridized carbons (Fsp3) is 0.450. The minimum atomic E-state index is -0.774. The van der Waals surface area contributed by atoms with Crippen molar-refractivity contribution in [3.63, 3.8) is 0 Å². The Morgan fingerprint density at radius 1 is 1.41 bits per heavy atom. The maximum atomic E-state index is 13.8. The van der Waals surface area contributed by atoms with Crippen LogP contribution >= 0.6 is 0 Å². The highest BCUT2D eigenvalue weighted by molar-refractivity contribution is 5.81. The van der Waals surface area contributed by atoms with Crippen LogP contribution in [0.4, 0.5) is 4.39 Å². The molecular weight excluding hydrogens is 347 g/mol. The number of carbonyl (C=O) groups is 1. The highest BCUT2D eigenvalue weighted by Gasteiger charge is 2.35. The summed E-state index contributed by atoms with van der Waals surface area (Å²) < 4.78 is 19.4. The van der Waals surface area contributed by atoms with E-state index in [0.29, 0.717) is 12.4 Å². The van der Waals surface area contributed by atoms with E-state index < -0.39 is 11.9 Å². The van der Waals surface area contributed by atoms with Crippen LogP contribution in [0.15, 0.2) is 30.5 Å². The summed E-state index contributed by atoms with van der Waals surface area (Å²) in [5, 5.41) is 3.31. The standard InChI is InChI=1S/C20H23FN4O2/c1-13(27-18-7-3-2-5-15(18)21)20(26)25-10-4-6-17(25)19-23-12-14-11-22-9-8-16(14)24-19/h2-3,5,7,12-13,17,22H,4,6,8-11H2,1H3/t13-,17-/m0/s1. The van der Waals surface area contributed by atoms with E-state index in [9.17, 15) is 9.18 Å². The normalized spacial score (nSPS) is 20.2. The van der Waals surface area contributed by atoms with Crippen molar-refractivity contribution < 1.29 is 13.9 Å². The van der Waals surface area contributed by atoms with E-state index in [-0.39, 0.29) is 17.7 Å². The van der Waals surface area contributed by atoms with Gasteiger partial charge in [0.05, 0.1) is 6.04 Å². The van der Waals surface area contributed by atoms with Gasteiger partial charge in [0.15, 0.2) is 23.5 Å². The first-order chi connectivity index (χ1) is 13.1. The average Bonchev–Trinajstić information content (AvgIpc) is 3.18. The number of amides is 1. The second-order valence-electron chi connectivity index (χ2n) is 7.01. The van der Waals surface area contributed by atoms with Gasteiger partial charge in [0.25, 0.3) is 5.91 Å². The zero-order chi connectivity index (χ0) is 18.8. The summed E-state index contributed by atoms with van der Waals surface area (Å²) in [5.74, 6) is 0.150. The molecule has 0 radical (unpaired) electrons. The van der Waals surface area contributed by atoms with Gasteiger partial charge in [0.1, 0.15) is 0 Å². The van der Waals surface area contributed by atoms with E-state index in [1.807, 2.05) is 6.20 Å². The van der Waals surface area contributed by atoms with Crippen molar-refractivity contribution in [2.24, 2.45) is 0 Å². The molecule has 3 heterocycles. The Kier molecular flexibility index (Phi) is 5.03. The molecule has 27 heavy (non-hydrogen) atoms. The van der Waals surface area contributed by atoms with Crippen LogP contribution in [0, 0.1) is 5.82 Å². The Labute approximate surface area is 157 Å². The first-order valence-electron chi connectivity index (χ1n) is 9.40. The van der Waals surface area contributed by atoms with Crippen LogP contribution in [0.25, 0.3) is 0 Å². The smallest absolute Gasteiger partial charge is 0.263 e. The van der Waals surface area contributed by atoms with Crippen LogP contribution in [-0.4, -0.2) is 40.0 Å². The predicted molar refractivity (Wildman–Crippen MR) is 97.6 cm³/mol. The van der Waals surface area contributed by atoms with Crippen LogP contribution in [0.5, 0.6) is 5.75 Å². The van der Waals surface area contributed by atoms with Gasteiger partial charge in [-0.25, -0.2) is 14.4 Å². The third kappa shape index (κ3) is 3.64. The maximum Gasteiger partial charge on any atom is 0.263 e. The van der Waals surface area contributed by atoms with Gasteiger partial charge < -0.3 is 15.0 Å². The zero-order valence-corrected chi connectivity index (χ0v) is 15.3. The molecule has 1 fully saturated rings. The van der Waals surface area contributed by atoms with E-state index in [0.717, 1.165) is 43.6 Å². The van der Waals surface area contributed by atoms with Crippen LogP contribution in [0.2, 0.25) is 0 Å². The quantitative estimate of drug-likeness (QED) is 0.895. The summed E-state index contributed by atoms with van der Waals surface area (Å²) >= 11 is 0. The lowest BCUT2D eigenvalue weighted by Crippen LogP contribution is -2.40. The molecule has 1 amide bonds. The van der Waals surface area contributed by atoms with Gasteiger partial charge in [-0.1, -0.05) is 12.1 Å². The van der Waals surface area contributed by atoms with E-state index >= 15 is 0 Å². The number of nitrogens with one attached hydrogen (secondary N) is 1. The number of halogens is 1. The number of aromatic nitrogens is 2. The number of rotatable bonds is 4. The van der Waals surface area contributed by atoms with Crippen LogP contribution < -0.4 is 10.1 Å². The first kappa shape index (κ1) is 17.9. The largest absolute Gasteiger partial charge is 0.478 e. The van der Waals surface area contributed by atoms with Gasteiger partial charge in [0.2, 0.25) is 0 Å². The number of nitrogens with zero attached hydrogens (tertiary/aromatic N) is 3. The number of ether oxygens (including phenoxy) is 1. The molecule has 0 spiro atoms. The van der Waals surface area contributed by atoms with Crippen molar-refractivity contribution in [1.82, 2.24) is 20.2 Å². The summed E-state index contributed by atoms with van der Waals surface area (Å²) in [7, 11) is 0. The van der Waals surface area contributed by atoms with Crippen molar-refractivity contribution >= 4 is 5.91 Å². The molecule has 2 aromatic rings. The van der Waals surface area contributed by atoms with E-state index in [2.05, 4.69) is 10.3 Å². The van der Waals surface area contributed by atoms with Crippen molar-refractivity contribution in [1.29, 1.82) is 0 Å². The lowest BCUT2D eigenvalue weighted by molar-refractivity contribution is -0.139. The molecule has 6 nitrogen and oxygen atoms in total. The van der Waals surface area contributed by atoms with Crippen LogP contribution in [0.1, 0.15) is 42.9 Å². The number of likely N-dealkylation sites (tertiary alicyclic amines) is 1. The summed E-state index contributed by atoms with van der Waals surface area (Å²) in [4.78, 5) is 24.0. The molecule has 1 aromatic heterocycles. The Bertz CT molecular complexity index is 844. The molecule has 7 heteroatoms. The summed E-state index contributed by atoms with van der Waals surface area (Å²) in [5.41, 5.74) is 2.19. The topological polar surface area (TPSA) is 67.3 Å². The Hall–Kier alpha value is -2.54. The fourth-order valence-electron chi connectivity index (χ4n) is 3.73. The van der Waals surface area contributed by atoms with Gasteiger partial charge >= 0.3 is 0 Å². The van der Waals surface area contributed by atoms with Crippen LogP contribution in [0.3, 0.4) is 0 Å². The van der Waals surface area contributed by atoms with Gasteiger partial charge in [-0.2, -0.15) is 0 Å². The fourth-order valence-corrected chi connectivity index (χ4v) is 3.73. The molecule has 0 unspecified atom stereocenters. The predicted octanol–water partition coefficient (Wildman–Crippen LogP) is 2.39. The average molecular weight is 370 g/mol. The van der Waals surface area contributed by atoms with Gasteiger partial charge in [0, 0.05) is 43.5 Å². The summed E-state index contributed by atoms with van der Waals surface area (Å²) in [6, 6.07) is 5.98. The molecule has 1 aromatic carbocycles. The number of hydrogen-bond donors (Lipinski definition) is 1. The van der Waals surface area contributed by atoms with Gasteiger partial charge in [-0.3, -0.25) is 4.79 Å². The second kappa shape index (κ2) is 7.60. The molecule has 2 aliphatic heterocycles. The summed E-state index contributed by atoms with van der Waals surface area (Å²) in [6.45, 7) is 3.99. The van der Waals surface area contributed by atoms with Gasteiger partial charge in [-0.05, 0) is 31.9 Å². The maximum absolute atomic E-state index is 13.8. The lowest BCUT2D eigenvalue weighted by atomic mass is 10.1. The van der Waals surface area contributed by atoms with Crippen molar-refractivity contribution in [2.75, 3.05) is 13.1 Å². The highest BCUT2D eigenvalue weighted by Crippen LogP contribution is 2.31. The molecule has 2 aliphatic rings. The minimum Gasteiger partial charge on any atom is -0.478 e. The van der Waals surface area contributed by atoms with E-state index in [1.54, 1.807) is 24.0 Å². The molecule has 0 saturated carbocycles. The van der Waals surface area contributed by atoms with Crippen LogP contribution in [-0.2, 0) is 17.8 Å². The molecule has 4 rings (SSSR count). The zero-order valence-electron chi connectivity index (χ0n) is 15.3. The highest BCUT2D eigenvalue weighted by atomic mass is 19.1. The molecule has 0 aliphatic carbocycles. The van der Waals surface area contributed by atoms with E-state index in [4.69, 9.17) is 9.72 Å². The molecule has 2 atom stereocenters. The van der Waals surface area contributed by atoms with E-state index in [1.165, 1.54) is 12.1 Å². The number of carbonyl (C=O) groups excluding carboxylic acids is 1. The molecular formula is C20H23FN4O2. The molecule has 0 bridgehead atoms. The Morgan fingerprint density at radius 3 is 3.11 bits per heavy atom. The first-order valence-corrected chi connectivity index (χ1v) is 9.40. The second-order valence-corrected chi connectivity index (χ2v) is 7.01. The Morgan fingerprint density at radius 2 is 2.26 bits per heavy atom. The number of benzene rings is 1. The van der Waals surface area contributed by atoms with Crippen molar-refractivity contribution in [3.05, 3.63) is 53.4 Å². The third-order valence-electron chi connectivity index (χ3n) is 5.15. The number of para-hydroxylation sites is 1. The third-order valence-corrected chi connectivity index (χ3v) is 5.15. The SMILES string of the molecule is C[C@H](Oc1ccccc1F)C(=O)N1CCC[C@H]1c1ncc2c(n1)CCNC2. The van der Waals surface area contributed by atoms with Crippen molar-refractivity contribution in [2.45, 2.75) is 44.9 Å². The molecule has 142 valence electrons. The van der Waals surface area contributed by atoms with Crippen molar-refractivity contribution in [3.8, 4) is 5.75 Å². The monoisotopic (exact) mass is 370 g/mol.